The van der Waals surface area contributed by atoms with E-state index < -0.39 is 5.92 Å². The third-order valence-corrected chi connectivity index (χ3v) is 4.74. The van der Waals surface area contributed by atoms with Crippen molar-refractivity contribution in [2.45, 2.75) is 59.0 Å². The molecular formula is C17H22BrNO2. The van der Waals surface area contributed by atoms with E-state index in [9.17, 15) is 9.59 Å². The molecule has 3 nitrogen and oxygen atoms in total. The third kappa shape index (κ3) is 2.66. The first kappa shape index (κ1) is 16.2. The Morgan fingerprint density at radius 2 is 1.90 bits per heavy atom. The van der Waals surface area contributed by atoms with Crippen molar-refractivity contribution >= 4 is 27.6 Å². The molecule has 1 unspecified atom stereocenters. The van der Waals surface area contributed by atoms with Gasteiger partial charge < -0.3 is 4.90 Å². The summed E-state index contributed by atoms with van der Waals surface area (Å²) < 4.78 is 0.993. The zero-order valence-electron chi connectivity index (χ0n) is 13.2. The number of ketones is 1. The Morgan fingerprint density at radius 1 is 1.29 bits per heavy atom. The van der Waals surface area contributed by atoms with Crippen molar-refractivity contribution in [1.82, 2.24) is 4.90 Å². The van der Waals surface area contributed by atoms with Crippen LogP contribution in [0.5, 0.6) is 0 Å². The van der Waals surface area contributed by atoms with Crippen molar-refractivity contribution in [3.8, 4) is 0 Å². The first-order valence-electron chi connectivity index (χ1n) is 7.44. The molecule has 0 saturated carbocycles. The highest BCUT2D eigenvalue weighted by atomic mass is 79.9. The summed E-state index contributed by atoms with van der Waals surface area (Å²) in [5.41, 5.74) is 2.99. The number of halogens is 1. The van der Waals surface area contributed by atoms with E-state index in [1.165, 1.54) is 0 Å². The fourth-order valence-electron chi connectivity index (χ4n) is 3.34. The Labute approximate surface area is 134 Å². The van der Waals surface area contributed by atoms with Crippen molar-refractivity contribution in [3.05, 3.63) is 33.3 Å². The Kier molecular flexibility index (Phi) is 4.57. The lowest BCUT2D eigenvalue weighted by molar-refractivity contribution is -0.131. The second-order valence-corrected chi connectivity index (χ2v) is 6.92. The van der Waals surface area contributed by atoms with Crippen LogP contribution in [0.4, 0.5) is 0 Å². The summed E-state index contributed by atoms with van der Waals surface area (Å²) in [5.74, 6) is -0.665. The molecule has 1 aliphatic rings. The van der Waals surface area contributed by atoms with Crippen LogP contribution in [-0.4, -0.2) is 28.7 Å². The summed E-state index contributed by atoms with van der Waals surface area (Å²) >= 11 is 3.49. The van der Waals surface area contributed by atoms with Gasteiger partial charge in [0, 0.05) is 10.5 Å². The molecule has 2 atom stereocenters. The zero-order valence-corrected chi connectivity index (χ0v) is 14.8. The fraction of sp³-hybridized carbons (Fsp3) is 0.529. The van der Waals surface area contributed by atoms with Crippen molar-refractivity contribution in [3.63, 3.8) is 0 Å². The maximum Gasteiger partial charge on any atom is 0.238 e. The quantitative estimate of drug-likeness (QED) is 0.780. The van der Waals surface area contributed by atoms with E-state index in [4.69, 9.17) is 0 Å². The van der Waals surface area contributed by atoms with Gasteiger partial charge in [0.1, 0.15) is 5.92 Å². The minimum absolute atomic E-state index is 0.0221. The minimum atomic E-state index is -0.634. The highest BCUT2D eigenvalue weighted by Crippen LogP contribution is 2.36. The number of carbonyl (C=O) groups is 2. The second-order valence-electron chi connectivity index (χ2n) is 6.00. The van der Waals surface area contributed by atoms with Gasteiger partial charge in [0.15, 0.2) is 5.78 Å². The number of benzene rings is 1. The van der Waals surface area contributed by atoms with Crippen LogP contribution in [0, 0.1) is 6.92 Å². The molecule has 0 bridgehead atoms. The van der Waals surface area contributed by atoms with Crippen LogP contribution in [0.15, 0.2) is 16.6 Å². The molecular weight excluding hydrogens is 330 g/mol. The number of aryl methyl sites for hydroxylation is 2. The number of Topliss-reactive ketones (excluding diaryl/α,β-unsaturated/α-hetero) is 1. The van der Waals surface area contributed by atoms with Crippen LogP contribution >= 0.6 is 15.9 Å². The molecule has 1 aromatic rings. The van der Waals surface area contributed by atoms with Gasteiger partial charge in [-0.05, 0) is 62.9 Å². The monoisotopic (exact) mass is 351 g/mol. The molecule has 1 heterocycles. The average Bonchev–Trinajstić information content (AvgIpc) is 2.60. The standard InChI is InChI=1S/C17H22BrNO2/c1-6-12-8-13(18)7-10(4)14(12)15-16(20)11(5)19(9(2)3)17(15)21/h7-9,11,15H,6H2,1-5H3/t11-,15?/m0/s1. The van der Waals surface area contributed by atoms with E-state index in [0.717, 1.165) is 27.6 Å². The van der Waals surface area contributed by atoms with Gasteiger partial charge >= 0.3 is 0 Å². The van der Waals surface area contributed by atoms with E-state index in [2.05, 4.69) is 22.9 Å². The Bertz CT molecular complexity index is 595. The summed E-state index contributed by atoms with van der Waals surface area (Å²) in [4.78, 5) is 27.1. The van der Waals surface area contributed by atoms with E-state index in [1.54, 1.807) is 4.90 Å². The fourth-order valence-corrected chi connectivity index (χ4v) is 3.96. The van der Waals surface area contributed by atoms with Crippen molar-refractivity contribution in [2.75, 3.05) is 0 Å². The molecule has 4 heteroatoms. The molecule has 1 saturated heterocycles. The molecule has 2 rings (SSSR count). The van der Waals surface area contributed by atoms with Gasteiger partial charge in [-0.25, -0.2) is 0 Å². The largest absolute Gasteiger partial charge is 0.330 e. The lowest BCUT2D eigenvalue weighted by Crippen LogP contribution is -2.38. The topological polar surface area (TPSA) is 37.4 Å². The predicted octanol–water partition coefficient (Wildman–Crippen LogP) is 3.61. The van der Waals surface area contributed by atoms with Crippen LogP contribution in [0.1, 0.15) is 50.3 Å². The van der Waals surface area contributed by atoms with Gasteiger partial charge in [0.05, 0.1) is 6.04 Å². The lowest BCUT2D eigenvalue weighted by atomic mass is 9.86. The molecule has 0 spiro atoms. The van der Waals surface area contributed by atoms with Crippen molar-refractivity contribution in [2.24, 2.45) is 0 Å². The number of hydrogen-bond donors (Lipinski definition) is 0. The lowest BCUT2D eigenvalue weighted by Gasteiger charge is -2.25. The number of hydrogen-bond acceptors (Lipinski definition) is 2. The first-order chi connectivity index (χ1) is 9.79. The predicted molar refractivity (Wildman–Crippen MR) is 87.4 cm³/mol. The average molecular weight is 352 g/mol. The number of carbonyl (C=O) groups excluding carboxylic acids is 2. The molecule has 21 heavy (non-hydrogen) atoms. The van der Waals surface area contributed by atoms with Crippen LogP contribution in [0.3, 0.4) is 0 Å². The van der Waals surface area contributed by atoms with Gasteiger partial charge in [-0.2, -0.15) is 0 Å². The molecule has 0 radical (unpaired) electrons. The number of amides is 1. The number of likely N-dealkylation sites (tertiary alicyclic amines) is 1. The summed E-state index contributed by atoms with van der Waals surface area (Å²) in [6, 6.07) is 3.71. The third-order valence-electron chi connectivity index (χ3n) is 4.28. The second kappa shape index (κ2) is 5.91. The molecule has 1 aliphatic heterocycles. The molecule has 0 aliphatic carbocycles. The van der Waals surface area contributed by atoms with Crippen LogP contribution in [-0.2, 0) is 16.0 Å². The van der Waals surface area contributed by atoms with E-state index in [0.29, 0.717) is 0 Å². The summed E-state index contributed by atoms with van der Waals surface area (Å²) in [6.07, 6.45) is 0.808. The maximum absolute atomic E-state index is 12.8. The minimum Gasteiger partial charge on any atom is -0.330 e. The van der Waals surface area contributed by atoms with Crippen molar-refractivity contribution in [1.29, 1.82) is 0 Å². The Morgan fingerprint density at radius 3 is 2.38 bits per heavy atom. The maximum atomic E-state index is 12.8. The highest BCUT2D eigenvalue weighted by Gasteiger charge is 2.47. The van der Waals surface area contributed by atoms with Gasteiger partial charge in [-0.15, -0.1) is 0 Å². The first-order valence-corrected chi connectivity index (χ1v) is 8.23. The van der Waals surface area contributed by atoms with Gasteiger partial charge in [0.25, 0.3) is 0 Å². The molecule has 0 aromatic heterocycles. The highest BCUT2D eigenvalue weighted by molar-refractivity contribution is 9.10. The van der Waals surface area contributed by atoms with Gasteiger partial charge in [-0.1, -0.05) is 22.9 Å². The Balaban J connectivity index is 2.57. The van der Waals surface area contributed by atoms with E-state index in [1.807, 2.05) is 39.8 Å². The van der Waals surface area contributed by atoms with Crippen LogP contribution in [0.2, 0.25) is 0 Å². The summed E-state index contributed by atoms with van der Waals surface area (Å²) in [5, 5.41) is 0. The Hall–Kier alpha value is -1.16. The summed E-state index contributed by atoms with van der Waals surface area (Å²) in [6.45, 7) is 9.78. The molecule has 0 N–H and O–H groups in total. The molecule has 1 amide bonds. The SMILES string of the molecule is CCc1cc(Br)cc(C)c1C1C(=O)[C@H](C)N(C(C)C)C1=O. The normalized spacial score (nSPS) is 22.5. The van der Waals surface area contributed by atoms with Gasteiger partial charge in [-0.3, -0.25) is 9.59 Å². The van der Waals surface area contributed by atoms with Crippen LogP contribution < -0.4 is 0 Å². The number of rotatable bonds is 3. The number of nitrogens with zero attached hydrogens (tertiary/aromatic N) is 1. The molecule has 1 fully saturated rings. The molecule has 1 aromatic carbocycles. The summed E-state index contributed by atoms with van der Waals surface area (Å²) in [7, 11) is 0. The van der Waals surface area contributed by atoms with E-state index >= 15 is 0 Å². The van der Waals surface area contributed by atoms with E-state index in [-0.39, 0.29) is 23.8 Å². The zero-order chi connectivity index (χ0) is 15.9. The smallest absolute Gasteiger partial charge is 0.238 e. The van der Waals surface area contributed by atoms with Crippen molar-refractivity contribution < 1.29 is 9.59 Å². The van der Waals surface area contributed by atoms with Crippen LogP contribution in [0.25, 0.3) is 0 Å². The van der Waals surface area contributed by atoms with Gasteiger partial charge in [0.2, 0.25) is 5.91 Å². The molecule has 114 valence electrons.